The zero-order chi connectivity index (χ0) is 10.6. The van der Waals surface area contributed by atoms with Crippen molar-refractivity contribution < 1.29 is 9.84 Å². The molecule has 0 aliphatic carbocycles. The van der Waals surface area contributed by atoms with Crippen molar-refractivity contribution >= 4 is 22.6 Å². The molecule has 0 unspecified atom stereocenters. The third-order valence-electron chi connectivity index (χ3n) is 1.81. The van der Waals surface area contributed by atoms with Gasteiger partial charge in [-0.2, -0.15) is 0 Å². The highest BCUT2D eigenvalue weighted by molar-refractivity contribution is 14.1. The van der Waals surface area contributed by atoms with Gasteiger partial charge in [-0.3, -0.25) is 0 Å². The number of rotatable bonds is 4. The second kappa shape index (κ2) is 4.98. The predicted octanol–water partition coefficient (Wildman–Crippen LogP) is 2.83. The van der Waals surface area contributed by atoms with E-state index in [2.05, 4.69) is 22.6 Å². The molecule has 0 heterocycles. The Morgan fingerprint density at radius 1 is 1.36 bits per heavy atom. The zero-order valence-corrected chi connectivity index (χ0v) is 10.6. The third-order valence-corrected chi connectivity index (χ3v) is 2.70. The van der Waals surface area contributed by atoms with E-state index in [1.165, 1.54) is 0 Å². The summed E-state index contributed by atoms with van der Waals surface area (Å²) in [6.45, 7) is 4.11. The fourth-order valence-corrected chi connectivity index (χ4v) is 1.52. The lowest BCUT2D eigenvalue weighted by atomic mass is 10.1. The summed E-state index contributed by atoms with van der Waals surface area (Å²) in [6.07, 6.45) is 0.637. The fourth-order valence-electron chi connectivity index (χ4n) is 0.973. The molecule has 0 amide bonds. The van der Waals surface area contributed by atoms with E-state index in [4.69, 9.17) is 4.74 Å². The van der Waals surface area contributed by atoms with E-state index in [0.29, 0.717) is 13.0 Å². The highest BCUT2D eigenvalue weighted by atomic mass is 127. The van der Waals surface area contributed by atoms with Crippen molar-refractivity contribution in [3.8, 4) is 5.75 Å². The van der Waals surface area contributed by atoms with Crippen LogP contribution in [0.1, 0.15) is 20.3 Å². The quantitative estimate of drug-likeness (QED) is 0.867. The first kappa shape index (κ1) is 11.8. The number of ether oxygens (including phenoxy) is 1. The number of para-hydroxylation sites is 1. The van der Waals surface area contributed by atoms with E-state index in [0.717, 1.165) is 9.32 Å². The zero-order valence-electron chi connectivity index (χ0n) is 8.46. The summed E-state index contributed by atoms with van der Waals surface area (Å²) >= 11 is 2.23. The Labute approximate surface area is 98.4 Å². The van der Waals surface area contributed by atoms with E-state index in [1.807, 2.05) is 24.3 Å². The molecule has 0 fully saturated rings. The third kappa shape index (κ3) is 4.28. The molecule has 3 heteroatoms. The molecular weight excluding hydrogens is 291 g/mol. The van der Waals surface area contributed by atoms with Crippen LogP contribution in [-0.2, 0) is 0 Å². The predicted molar refractivity (Wildman–Crippen MR) is 65.6 cm³/mol. The molecule has 1 aromatic carbocycles. The molecule has 0 bridgehead atoms. The highest BCUT2D eigenvalue weighted by Gasteiger charge is 2.12. The number of halogens is 1. The molecule has 2 nitrogen and oxygen atoms in total. The second-order valence-corrected chi connectivity index (χ2v) is 5.00. The van der Waals surface area contributed by atoms with Crippen LogP contribution < -0.4 is 4.74 Å². The smallest absolute Gasteiger partial charge is 0.132 e. The van der Waals surface area contributed by atoms with Gasteiger partial charge in [-0.25, -0.2) is 0 Å². The summed E-state index contributed by atoms with van der Waals surface area (Å²) < 4.78 is 6.64. The van der Waals surface area contributed by atoms with Crippen molar-refractivity contribution in [2.75, 3.05) is 6.61 Å². The Bertz CT molecular complexity index is 292. The summed E-state index contributed by atoms with van der Waals surface area (Å²) in [7, 11) is 0. The first-order valence-electron chi connectivity index (χ1n) is 4.59. The first-order valence-corrected chi connectivity index (χ1v) is 5.67. The van der Waals surface area contributed by atoms with Gasteiger partial charge in [0, 0.05) is 6.42 Å². The molecular formula is C11H15IO2. The molecule has 1 N–H and O–H groups in total. The lowest BCUT2D eigenvalue weighted by molar-refractivity contribution is 0.0552. The van der Waals surface area contributed by atoms with E-state index in [-0.39, 0.29) is 0 Å². The molecule has 1 rings (SSSR count). The molecule has 78 valence electrons. The van der Waals surface area contributed by atoms with Crippen molar-refractivity contribution in [3.63, 3.8) is 0 Å². The van der Waals surface area contributed by atoms with Gasteiger partial charge in [-0.15, -0.1) is 0 Å². The maximum Gasteiger partial charge on any atom is 0.132 e. The van der Waals surface area contributed by atoms with Gasteiger partial charge < -0.3 is 9.84 Å². The van der Waals surface area contributed by atoms with Crippen LogP contribution in [0.25, 0.3) is 0 Å². The number of benzene rings is 1. The van der Waals surface area contributed by atoms with Gasteiger partial charge in [-0.05, 0) is 48.6 Å². The van der Waals surface area contributed by atoms with Crippen molar-refractivity contribution in [1.82, 2.24) is 0 Å². The van der Waals surface area contributed by atoms with Crippen LogP contribution in [0.5, 0.6) is 5.75 Å². The van der Waals surface area contributed by atoms with Gasteiger partial charge in [-0.1, -0.05) is 12.1 Å². The van der Waals surface area contributed by atoms with Gasteiger partial charge in [0.1, 0.15) is 5.75 Å². The van der Waals surface area contributed by atoms with Crippen molar-refractivity contribution in [2.45, 2.75) is 25.9 Å². The number of hydrogen-bond acceptors (Lipinski definition) is 2. The van der Waals surface area contributed by atoms with Crippen molar-refractivity contribution in [2.24, 2.45) is 0 Å². The lowest BCUT2D eigenvalue weighted by Crippen LogP contribution is -2.21. The van der Waals surface area contributed by atoms with E-state index in [9.17, 15) is 5.11 Å². The van der Waals surface area contributed by atoms with Crippen LogP contribution in [0.15, 0.2) is 24.3 Å². The summed E-state index contributed by atoms with van der Waals surface area (Å²) in [5.41, 5.74) is -0.653. The molecule has 0 spiro atoms. The average Bonchev–Trinajstić information content (AvgIpc) is 2.06. The van der Waals surface area contributed by atoms with E-state index >= 15 is 0 Å². The lowest BCUT2D eigenvalue weighted by Gasteiger charge is -2.17. The number of hydrogen-bond donors (Lipinski definition) is 1. The van der Waals surface area contributed by atoms with Gasteiger partial charge in [0.25, 0.3) is 0 Å². The summed E-state index contributed by atoms with van der Waals surface area (Å²) in [4.78, 5) is 0. The summed E-state index contributed by atoms with van der Waals surface area (Å²) in [5, 5.41) is 9.48. The Morgan fingerprint density at radius 2 is 2.00 bits per heavy atom. The first-order chi connectivity index (χ1) is 6.49. The fraction of sp³-hybridized carbons (Fsp3) is 0.455. The van der Waals surface area contributed by atoms with Crippen LogP contribution in [-0.4, -0.2) is 17.3 Å². The second-order valence-electron chi connectivity index (χ2n) is 3.84. The van der Waals surface area contributed by atoms with E-state index in [1.54, 1.807) is 13.8 Å². The summed E-state index contributed by atoms with van der Waals surface area (Å²) in [6, 6.07) is 7.86. The summed E-state index contributed by atoms with van der Waals surface area (Å²) in [5.74, 6) is 0.886. The van der Waals surface area contributed by atoms with E-state index < -0.39 is 5.60 Å². The van der Waals surface area contributed by atoms with Gasteiger partial charge in [0.05, 0.1) is 15.8 Å². The van der Waals surface area contributed by atoms with Gasteiger partial charge in [0.15, 0.2) is 0 Å². The average molecular weight is 306 g/mol. The number of aliphatic hydroxyl groups is 1. The molecule has 0 aliphatic heterocycles. The normalized spacial score (nSPS) is 11.4. The maximum absolute atomic E-state index is 9.48. The van der Waals surface area contributed by atoms with Gasteiger partial charge >= 0.3 is 0 Å². The highest BCUT2D eigenvalue weighted by Crippen LogP contribution is 2.20. The van der Waals surface area contributed by atoms with Crippen LogP contribution >= 0.6 is 22.6 Å². The standard InChI is InChI=1S/C11H15IO2/c1-11(2,13)7-8-14-10-6-4-3-5-9(10)12/h3-6,13H,7-8H2,1-2H3. The largest absolute Gasteiger partial charge is 0.492 e. The molecule has 0 atom stereocenters. The van der Waals surface area contributed by atoms with Crippen LogP contribution in [0.4, 0.5) is 0 Å². The molecule has 1 aromatic rings. The molecule has 0 aliphatic rings. The monoisotopic (exact) mass is 306 g/mol. The molecule has 0 aromatic heterocycles. The van der Waals surface area contributed by atoms with Crippen LogP contribution in [0, 0.1) is 3.57 Å². The Balaban J connectivity index is 2.43. The molecule has 0 saturated carbocycles. The van der Waals surface area contributed by atoms with Crippen LogP contribution in [0.2, 0.25) is 0 Å². The minimum absolute atomic E-state index is 0.545. The molecule has 14 heavy (non-hydrogen) atoms. The van der Waals surface area contributed by atoms with Gasteiger partial charge in [0.2, 0.25) is 0 Å². The van der Waals surface area contributed by atoms with Crippen molar-refractivity contribution in [3.05, 3.63) is 27.8 Å². The van der Waals surface area contributed by atoms with Crippen LogP contribution in [0.3, 0.4) is 0 Å². The van der Waals surface area contributed by atoms with Crippen molar-refractivity contribution in [1.29, 1.82) is 0 Å². The molecule has 0 radical (unpaired) electrons. The SMILES string of the molecule is CC(C)(O)CCOc1ccccc1I. The topological polar surface area (TPSA) is 29.5 Å². The minimum Gasteiger partial charge on any atom is -0.492 e. The Hall–Kier alpha value is -0.290. The Morgan fingerprint density at radius 3 is 2.57 bits per heavy atom. The molecule has 0 saturated heterocycles. The minimum atomic E-state index is -0.653. The Kier molecular flexibility index (Phi) is 4.19. The maximum atomic E-state index is 9.48.